The third-order valence-corrected chi connectivity index (χ3v) is 6.28. The van der Waals surface area contributed by atoms with Gasteiger partial charge in [0.05, 0.1) is 25.6 Å². The highest BCUT2D eigenvalue weighted by molar-refractivity contribution is 5.85. The number of β-amino-alcohol motifs (C(OH)–C–C–N with tert-alkyl or cyclic N) is 1. The van der Waals surface area contributed by atoms with Gasteiger partial charge in [0.2, 0.25) is 5.91 Å². The first kappa shape index (κ1) is 23.7. The molecule has 9 nitrogen and oxygen atoms in total. The van der Waals surface area contributed by atoms with E-state index >= 15 is 0 Å². The van der Waals surface area contributed by atoms with Crippen LogP contribution < -0.4 is 5.32 Å². The van der Waals surface area contributed by atoms with Crippen molar-refractivity contribution in [3.63, 3.8) is 0 Å². The molecule has 1 aliphatic heterocycles. The zero-order chi connectivity index (χ0) is 24.3. The number of nitrogens with one attached hydrogen (secondary N) is 1. The normalized spacial score (nSPS) is 16.7. The summed E-state index contributed by atoms with van der Waals surface area (Å²) in [5.74, 6) is -1.75. The van der Waals surface area contributed by atoms with Gasteiger partial charge in [0.25, 0.3) is 0 Å². The molecule has 4 rings (SSSR count). The van der Waals surface area contributed by atoms with Crippen molar-refractivity contribution in [2.75, 3.05) is 32.8 Å². The first-order valence-corrected chi connectivity index (χ1v) is 11.3. The number of carbonyl (C=O) groups is 3. The summed E-state index contributed by atoms with van der Waals surface area (Å²) in [4.78, 5) is 37.0. The minimum atomic E-state index is -1.89. The number of rotatable bonds is 9. The summed E-state index contributed by atoms with van der Waals surface area (Å²) in [5, 5.41) is 21.4. The average molecular weight is 469 g/mol. The molecular weight excluding hydrogens is 440 g/mol. The standard InChI is InChI=1S/C25H28N2O7/c1-2-33-16(11-22(28)27-14-25(32,15-27)23(29)30)12-26-24(31)34-13-21-19-9-5-3-7-17(19)18-8-4-6-10-20(18)21/h3-10,16,21,32H,2,11-15H2,1H3,(H,26,31)(H,29,30). The van der Waals surface area contributed by atoms with Gasteiger partial charge in [-0.15, -0.1) is 0 Å². The molecule has 2 amide bonds. The van der Waals surface area contributed by atoms with Gasteiger partial charge in [0.15, 0.2) is 5.60 Å². The molecule has 0 bridgehead atoms. The lowest BCUT2D eigenvalue weighted by molar-refractivity contribution is -0.182. The number of likely N-dealkylation sites (tertiary alicyclic amines) is 1. The molecule has 1 saturated heterocycles. The fraction of sp³-hybridized carbons (Fsp3) is 0.400. The molecular formula is C25H28N2O7. The largest absolute Gasteiger partial charge is 0.479 e. The maximum absolute atomic E-state index is 12.4. The molecule has 2 aromatic rings. The van der Waals surface area contributed by atoms with Gasteiger partial charge in [-0.2, -0.15) is 0 Å². The summed E-state index contributed by atoms with van der Waals surface area (Å²) in [6, 6.07) is 16.1. The van der Waals surface area contributed by atoms with Crippen LogP contribution in [0.1, 0.15) is 30.4 Å². The highest BCUT2D eigenvalue weighted by Crippen LogP contribution is 2.44. The predicted molar refractivity (Wildman–Crippen MR) is 122 cm³/mol. The molecule has 0 saturated carbocycles. The smallest absolute Gasteiger partial charge is 0.407 e. The van der Waals surface area contributed by atoms with Gasteiger partial charge in [-0.25, -0.2) is 9.59 Å². The maximum Gasteiger partial charge on any atom is 0.407 e. The van der Waals surface area contributed by atoms with Gasteiger partial charge < -0.3 is 29.9 Å². The number of ether oxygens (including phenoxy) is 2. The van der Waals surface area contributed by atoms with E-state index in [-0.39, 0.29) is 44.5 Å². The van der Waals surface area contributed by atoms with Crippen molar-refractivity contribution < 1.29 is 34.1 Å². The van der Waals surface area contributed by atoms with Crippen molar-refractivity contribution in [3.8, 4) is 11.1 Å². The summed E-state index contributed by atoms with van der Waals surface area (Å²) >= 11 is 0. The molecule has 34 heavy (non-hydrogen) atoms. The fourth-order valence-corrected chi connectivity index (χ4v) is 4.49. The summed E-state index contributed by atoms with van der Waals surface area (Å²) in [6.45, 7) is 1.83. The first-order chi connectivity index (χ1) is 16.3. The van der Waals surface area contributed by atoms with Crippen LogP contribution in [-0.4, -0.2) is 77.6 Å². The average Bonchev–Trinajstić information content (AvgIpc) is 3.12. The van der Waals surface area contributed by atoms with Crippen molar-refractivity contribution in [2.24, 2.45) is 0 Å². The molecule has 1 aliphatic carbocycles. The van der Waals surface area contributed by atoms with Gasteiger partial charge in [-0.3, -0.25) is 4.79 Å². The molecule has 1 fully saturated rings. The van der Waals surface area contributed by atoms with E-state index < -0.39 is 23.8 Å². The van der Waals surface area contributed by atoms with E-state index in [0.717, 1.165) is 22.3 Å². The van der Waals surface area contributed by atoms with Crippen molar-refractivity contribution in [1.82, 2.24) is 10.2 Å². The molecule has 1 atom stereocenters. The van der Waals surface area contributed by atoms with Crippen molar-refractivity contribution in [1.29, 1.82) is 0 Å². The van der Waals surface area contributed by atoms with E-state index in [4.69, 9.17) is 14.6 Å². The summed E-state index contributed by atoms with van der Waals surface area (Å²) < 4.78 is 11.1. The molecule has 3 N–H and O–H groups in total. The third kappa shape index (κ3) is 4.76. The Labute approximate surface area is 197 Å². The van der Waals surface area contributed by atoms with Crippen molar-refractivity contribution >= 4 is 18.0 Å². The Morgan fingerprint density at radius 1 is 1.09 bits per heavy atom. The number of aliphatic hydroxyl groups is 1. The fourth-order valence-electron chi connectivity index (χ4n) is 4.49. The number of benzene rings is 2. The molecule has 0 spiro atoms. The molecule has 0 radical (unpaired) electrons. The number of carboxylic acid groups (broad SMARTS) is 1. The van der Waals surface area contributed by atoms with E-state index in [1.54, 1.807) is 6.92 Å². The van der Waals surface area contributed by atoms with Crippen LogP contribution in [0.3, 0.4) is 0 Å². The van der Waals surface area contributed by atoms with E-state index in [1.807, 2.05) is 36.4 Å². The number of carboxylic acids is 1. The van der Waals surface area contributed by atoms with E-state index in [2.05, 4.69) is 17.4 Å². The van der Waals surface area contributed by atoms with E-state index in [9.17, 15) is 19.5 Å². The highest BCUT2D eigenvalue weighted by Gasteiger charge is 2.50. The lowest BCUT2D eigenvalue weighted by Gasteiger charge is -2.43. The van der Waals surface area contributed by atoms with Gasteiger partial charge in [0.1, 0.15) is 6.61 Å². The quantitative estimate of drug-likeness (QED) is 0.514. The molecule has 2 aliphatic rings. The number of nitrogens with zero attached hydrogens (tertiary/aromatic N) is 1. The van der Waals surface area contributed by atoms with Crippen molar-refractivity contribution in [2.45, 2.75) is 31.0 Å². The third-order valence-electron chi connectivity index (χ3n) is 6.28. The summed E-state index contributed by atoms with van der Waals surface area (Å²) in [6.07, 6.45) is -1.26. The van der Waals surface area contributed by atoms with Crippen LogP contribution in [0.2, 0.25) is 0 Å². The Morgan fingerprint density at radius 2 is 1.68 bits per heavy atom. The molecule has 1 heterocycles. The van der Waals surface area contributed by atoms with E-state index in [0.29, 0.717) is 6.61 Å². The predicted octanol–water partition coefficient (Wildman–Crippen LogP) is 1.98. The summed E-state index contributed by atoms with van der Waals surface area (Å²) in [7, 11) is 0. The summed E-state index contributed by atoms with van der Waals surface area (Å²) in [5.41, 5.74) is 2.62. The molecule has 180 valence electrons. The zero-order valence-corrected chi connectivity index (χ0v) is 18.9. The Balaban J connectivity index is 1.28. The first-order valence-electron chi connectivity index (χ1n) is 11.3. The molecule has 1 unspecified atom stereocenters. The highest BCUT2D eigenvalue weighted by atomic mass is 16.5. The number of fused-ring (bicyclic) bond motifs is 3. The SMILES string of the molecule is CCOC(CNC(=O)OCC1c2ccccc2-c2ccccc21)CC(=O)N1CC(O)(C(=O)O)C1. The van der Waals surface area contributed by atoms with Gasteiger partial charge >= 0.3 is 12.1 Å². The van der Waals surface area contributed by atoms with Gasteiger partial charge in [-0.05, 0) is 29.2 Å². The topological polar surface area (TPSA) is 125 Å². The van der Waals surface area contributed by atoms with Gasteiger partial charge in [-0.1, -0.05) is 48.5 Å². The van der Waals surface area contributed by atoms with Crippen LogP contribution in [0.5, 0.6) is 0 Å². The molecule has 2 aromatic carbocycles. The molecule has 0 aromatic heterocycles. The number of hydrogen-bond donors (Lipinski definition) is 3. The van der Waals surface area contributed by atoms with Crippen LogP contribution in [0.15, 0.2) is 48.5 Å². The van der Waals surface area contributed by atoms with Crippen LogP contribution in [0.4, 0.5) is 4.79 Å². The number of alkyl carbamates (subject to hydrolysis) is 1. The van der Waals surface area contributed by atoms with Crippen LogP contribution in [-0.2, 0) is 19.1 Å². The number of aliphatic carboxylic acids is 1. The molecule has 9 heteroatoms. The Kier molecular flexibility index (Phi) is 6.85. The minimum Gasteiger partial charge on any atom is -0.479 e. The van der Waals surface area contributed by atoms with Crippen LogP contribution >= 0.6 is 0 Å². The van der Waals surface area contributed by atoms with Gasteiger partial charge in [0, 0.05) is 19.1 Å². The second kappa shape index (κ2) is 9.82. The Hall–Kier alpha value is -3.43. The number of hydrogen-bond acceptors (Lipinski definition) is 6. The second-order valence-electron chi connectivity index (χ2n) is 8.57. The van der Waals surface area contributed by atoms with Crippen LogP contribution in [0, 0.1) is 0 Å². The lowest BCUT2D eigenvalue weighted by atomic mass is 9.94. The van der Waals surface area contributed by atoms with Crippen molar-refractivity contribution in [3.05, 3.63) is 59.7 Å². The lowest BCUT2D eigenvalue weighted by Crippen LogP contribution is -2.67. The maximum atomic E-state index is 12.4. The number of carbonyl (C=O) groups excluding carboxylic acids is 2. The second-order valence-corrected chi connectivity index (χ2v) is 8.57. The number of amides is 2. The monoisotopic (exact) mass is 468 g/mol. The minimum absolute atomic E-state index is 0.0484. The Bertz CT molecular complexity index is 1030. The Morgan fingerprint density at radius 3 is 2.24 bits per heavy atom. The van der Waals surface area contributed by atoms with E-state index in [1.165, 1.54) is 4.90 Å². The van der Waals surface area contributed by atoms with Crippen LogP contribution in [0.25, 0.3) is 11.1 Å². The zero-order valence-electron chi connectivity index (χ0n) is 18.9.